The number of hydrogen-bond donors (Lipinski definition) is 1. The van der Waals surface area contributed by atoms with Gasteiger partial charge >= 0.3 is 0 Å². The minimum Gasteiger partial charge on any atom is -0.376 e. The molecule has 80 valence electrons. The third kappa shape index (κ3) is 1.66. The summed E-state index contributed by atoms with van der Waals surface area (Å²) in [6.45, 7) is 2.74. The molecule has 1 unspecified atom stereocenters. The summed E-state index contributed by atoms with van der Waals surface area (Å²) in [7, 11) is 0. The fourth-order valence-corrected chi connectivity index (χ4v) is 2.58. The van der Waals surface area contributed by atoms with Crippen LogP contribution < -0.4 is 5.32 Å². The second-order valence-electron chi connectivity index (χ2n) is 4.32. The van der Waals surface area contributed by atoms with E-state index in [1.807, 2.05) is 12.4 Å². The van der Waals surface area contributed by atoms with Crippen molar-refractivity contribution < 1.29 is 4.74 Å². The van der Waals surface area contributed by atoms with E-state index >= 15 is 0 Å². The SMILES string of the molecule is c1ncc(C2CCCN2)c2c1COCC2. The highest BCUT2D eigenvalue weighted by Gasteiger charge is 2.22. The van der Waals surface area contributed by atoms with Gasteiger partial charge in [-0.25, -0.2) is 0 Å². The van der Waals surface area contributed by atoms with Crippen LogP contribution in [0.2, 0.25) is 0 Å². The Morgan fingerprint density at radius 2 is 2.40 bits per heavy atom. The summed E-state index contributed by atoms with van der Waals surface area (Å²) in [4.78, 5) is 4.32. The maximum atomic E-state index is 5.45. The van der Waals surface area contributed by atoms with Crippen LogP contribution in [0.1, 0.15) is 35.6 Å². The minimum atomic E-state index is 0.533. The van der Waals surface area contributed by atoms with E-state index < -0.39 is 0 Å². The first-order chi connectivity index (χ1) is 7.45. The topological polar surface area (TPSA) is 34.2 Å². The molecule has 0 aromatic carbocycles. The maximum absolute atomic E-state index is 5.45. The van der Waals surface area contributed by atoms with Crippen molar-refractivity contribution in [3.8, 4) is 0 Å². The lowest BCUT2D eigenvalue weighted by Crippen LogP contribution is -2.19. The van der Waals surface area contributed by atoms with Crippen molar-refractivity contribution in [3.63, 3.8) is 0 Å². The van der Waals surface area contributed by atoms with Gasteiger partial charge in [0.05, 0.1) is 13.2 Å². The molecule has 1 N–H and O–H groups in total. The van der Waals surface area contributed by atoms with Crippen molar-refractivity contribution in [1.29, 1.82) is 0 Å². The molecule has 0 aliphatic carbocycles. The predicted octanol–water partition coefficient (Wildman–Crippen LogP) is 1.58. The standard InChI is InChI=1S/C12H16N2O/c1-2-12(14-4-1)11-7-13-6-9-8-15-5-3-10(9)11/h6-7,12,14H,1-5,8H2. The monoisotopic (exact) mass is 204 g/mol. The van der Waals surface area contributed by atoms with Crippen LogP contribution in [-0.2, 0) is 17.8 Å². The highest BCUT2D eigenvalue weighted by molar-refractivity contribution is 5.35. The van der Waals surface area contributed by atoms with Crippen molar-refractivity contribution in [3.05, 3.63) is 29.1 Å². The summed E-state index contributed by atoms with van der Waals surface area (Å²) in [6.07, 6.45) is 7.56. The summed E-state index contributed by atoms with van der Waals surface area (Å²) in [5.74, 6) is 0. The Kier molecular flexibility index (Phi) is 2.43. The van der Waals surface area contributed by atoms with Gasteiger partial charge in [0.1, 0.15) is 0 Å². The number of rotatable bonds is 1. The molecule has 0 saturated carbocycles. The van der Waals surface area contributed by atoms with Crippen molar-refractivity contribution in [2.24, 2.45) is 0 Å². The molecule has 1 atom stereocenters. The normalized spacial score (nSPS) is 25.2. The zero-order chi connectivity index (χ0) is 10.1. The molecule has 1 saturated heterocycles. The van der Waals surface area contributed by atoms with Gasteiger partial charge in [-0.2, -0.15) is 0 Å². The molecule has 1 fully saturated rings. The third-order valence-corrected chi connectivity index (χ3v) is 3.37. The zero-order valence-corrected chi connectivity index (χ0v) is 8.83. The Morgan fingerprint density at radius 1 is 1.40 bits per heavy atom. The van der Waals surface area contributed by atoms with Gasteiger partial charge in [-0.3, -0.25) is 4.98 Å². The van der Waals surface area contributed by atoms with Gasteiger partial charge < -0.3 is 10.1 Å². The summed E-state index contributed by atoms with van der Waals surface area (Å²) < 4.78 is 5.45. The highest BCUT2D eigenvalue weighted by atomic mass is 16.5. The van der Waals surface area contributed by atoms with E-state index in [0.29, 0.717) is 6.04 Å². The molecular weight excluding hydrogens is 188 g/mol. The van der Waals surface area contributed by atoms with Gasteiger partial charge in [0.2, 0.25) is 0 Å². The molecule has 3 rings (SSSR count). The van der Waals surface area contributed by atoms with E-state index in [1.54, 1.807) is 0 Å². The lowest BCUT2D eigenvalue weighted by Gasteiger charge is -2.22. The quantitative estimate of drug-likeness (QED) is 0.754. The fourth-order valence-electron chi connectivity index (χ4n) is 2.58. The van der Waals surface area contributed by atoms with Crippen LogP contribution in [0.4, 0.5) is 0 Å². The van der Waals surface area contributed by atoms with Crippen molar-refractivity contribution in [1.82, 2.24) is 10.3 Å². The molecule has 3 heteroatoms. The van der Waals surface area contributed by atoms with Crippen molar-refractivity contribution in [2.75, 3.05) is 13.2 Å². The summed E-state index contributed by atoms with van der Waals surface area (Å²) in [6, 6.07) is 0.533. The Labute approximate surface area is 89.9 Å². The van der Waals surface area contributed by atoms with Gasteiger partial charge in [-0.1, -0.05) is 0 Å². The number of nitrogens with zero attached hydrogens (tertiary/aromatic N) is 1. The smallest absolute Gasteiger partial charge is 0.0734 e. The van der Waals surface area contributed by atoms with Gasteiger partial charge in [0, 0.05) is 18.4 Å². The first kappa shape index (κ1) is 9.31. The molecule has 0 bridgehead atoms. The molecule has 0 spiro atoms. The van der Waals surface area contributed by atoms with Gasteiger partial charge in [-0.15, -0.1) is 0 Å². The van der Waals surface area contributed by atoms with Crippen LogP contribution in [-0.4, -0.2) is 18.1 Å². The summed E-state index contributed by atoms with van der Waals surface area (Å²) in [5.41, 5.74) is 4.18. The average Bonchev–Trinajstić information content (AvgIpc) is 2.82. The first-order valence-electron chi connectivity index (χ1n) is 5.72. The number of fused-ring (bicyclic) bond motifs is 1. The van der Waals surface area contributed by atoms with Gasteiger partial charge in [0.15, 0.2) is 0 Å². The average molecular weight is 204 g/mol. The minimum absolute atomic E-state index is 0.533. The van der Waals surface area contributed by atoms with E-state index in [1.165, 1.54) is 29.5 Å². The van der Waals surface area contributed by atoms with E-state index in [-0.39, 0.29) is 0 Å². The molecule has 15 heavy (non-hydrogen) atoms. The fraction of sp³-hybridized carbons (Fsp3) is 0.583. The lowest BCUT2D eigenvalue weighted by atomic mass is 9.95. The Balaban J connectivity index is 1.99. The van der Waals surface area contributed by atoms with Crippen LogP contribution in [0, 0.1) is 0 Å². The molecule has 1 aromatic rings. The van der Waals surface area contributed by atoms with Gasteiger partial charge in [-0.05, 0) is 42.5 Å². The van der Waals surface area contributed by atoms with Crippen molar-refractivity contribution >= 4 is 0 Å². The molecule has 3 heterocycles. The van der Waals surface area contributed by atoms with Crippen LogP contribution in [0.5, 0.6) is 0 Å². The number of ether oxygens (including phenoxy) is 1. The molecular formula is C12H16N2O. The van der Waals surface area contributed by atoms with Crippen LogP contribution >= 0.6 is 0 Å². The Morgan fingerprint density at radius 3 is 3.27 bits per heavy atom. The molecule has 0 amide bonds. The van der Waals surface area contributed by atoms with Crippen molar-refractivity contribution in [2.45, 2.75) is 31.9 Å². The van der Waals surface area contributed by atoms with E-state index in [2.05, 4.69) is 10.3 Å². The lowest BCUT2D eigenvalue weighted by molar-refractivity contribution is 0.110. The third-order valence-electron chi connectivity index (χ3n) is 3.37. The number of hydrogen-bond acceptors (Lipinski definition) is 3. The molecule has 2 aliphatic rings. The molecule has 3 nitrogen and oxygen atoms in total. The molecule has 0 radical (unpaired) electrons. The van der Waals surface area contributed by atoms with E-state index in [0.717, 1.165) is 26.2 Å². The zero-order valence-electron chi connectivity index (χ0n) is 8.83. The number of aromatic nitrogens is 1. The highest BCUT2D eigenvalue weighted by Crippen LogP contribution is 2.29. The van der Waals surface area contributed by atoms with E-state index in [4.69, 9.17) is 4.74 Å². The van der Waals surface area contributed by atoms with Gasteiger partial charge in [0.25, 0.3) is 0 Å². The second kappa shape index (κ2) is 3.91. The second-order valence-corrected chi connectivity index (χ2v) is 4.32. The van der Waals surface area contributed by atoms with E-state index in [9.17, 15) is 0 Å². The summed E-state index contributed by atoms with van der Waals surface area (Å²) >= 11 is 0. The van der Waals surface area contributed by atoms with Crippen LogP contribution in [0.25, 0.3) is 0 Å². The largest absolute Gasteiger partial charge is 0.376 e. The molecule has 1 aromatic heterocycles. The predicted molar refractivity (Wildman–Crippen MR) is 57.6 cm³/mol. The Hall–Kier alpha value is -0.930. The van der Waals surface area contributed by atoms with Crippen LogP contribution in [0.3, 0.4) is 0 Å². The maximum Gasteiger partial charge on any atom is 0.0734 e. The Bertz CT molecular complexity index is 359. The first-order valence-corrected chi connectivity index (χ1v) is 5.72. The summed E-state index contributed by atoms with van der Waals surface area (Å²) in [5, 5.41) is 3.54. The van der Waals surface area contributed by atoms with Crippen LogP contribution in [0.15, 0.2) is 12.4 Å². The molecule has 2 aliphatic heterocycles. The number of nitrogens with one attached hydrogen (secondary N) is 1. The number of pyridine rings is 1.